The molecule has 0 aromatic heterocycles. The largest absolute Gasteiger partial charge is 0.314 e. The van der Waals surface area contributed by atoms with E-state index in [2.05, 4.69) is 21.2 Å². The third kappa shape index (κ3) is 2.67. The van der Waals surface area contributed by atoms with Gasteiger partial charge in [0.2, 0.25) is 10.0 Å². The Bertz CT molecular complexity index is 515. The first-order chi connectivity index (χ1) is 8.01. The van der Waals surface area contributed by atoms with Crippen molar-refractivity contribution in [1.29, 1.82) is 0 Å². The Morgan fingerprint density at radius 2 is 1.94 bits per heavy atom. The Balaban J connectivity index is 2.37. The van der Waals surface area contributed by atoms with Crippen LogP contribution in [0.3, 0.4) is 0 Å². The van der Waals surface area contributed by atoms with E-state index < -0.39 is 15.8 Å². The quantitative estimate of drug-likeness (QED) is 0.889. The lowest BCUT2D eigenvalue weighted by Gasteiger charge is -2.26. The lowest BCUT2D eigenvalue weighted by atomic mass is 10.3. The zero-order chi connectivity index (χ0) is 12.5. The van der Waals surface area contributed by atoms with Crippen LogP contribution in [-0.2, 0) is 10.0 Å². The van der Waals surface area contributed by atoms with Gasteiger partial charge in [-0.05, 0) is 18.2 Å². The van der Waals surface area contributed by atoms with Crippen molar-refractivity contribution in [1.82, 2.24) is 9.62 Å². The summed E-state index contributed by atoms with van der Waals surface area (Å²) < 4.78 is 39.8. The van der Waals surface area contributed by atoms with Gasteiger partial charge in [0, 0.05) is 30.7 Å². The lowest BCUT2D eigenvalue weighted by molar-refractivity contribution is 0.358. The Kier molecular flexibility index (Phi) is 3.82. The molecule has 7 heteroatoms. The third-order valence-corrected chi connectivity index (χ3v) is 5.01. The molecule has 17 heavy (non-hydrogen) atoms. The summed E-state index contributed by atoms with van der Waals surface area (Å²) in [5.41, 5.74) is 0. The summed E-state index contributed by atoms with van der Waals surface area (Å²) in [7, 11) is -3.71. The van der Waals surface area contributed by atoms with E-state index in [1.165, 1.54) is 16.4 Å². The fraction of sp³-hybridized carbons (Fsp3) is 0.400. The van der Waals surface area contributed by atoms with E-state index in [1.54, 1.807) is 0 Å². The number of hydrogen-bond donors (Lipinski definition) is 1. The van der Waals surface area contributed by atoms with E-state index >= 15 is 0 Å². The summed E-state index contributed by atoms with van der Waals surface area (Å²) in [6.07, 6.45) is 0. The molecule has 1 aliphatic heterocycles. The maximum atomic E-state index is 13.6. The molecule has 2 rings (SSSR count). The van der Waals surface area contributed by atoms with E-state index in [4.69, 9.17) is 0 Å². The van der Waals surface area contributed by atoms with Crippen LogP contribution < -0.4 is 5.32 Å². The van der Waals surface area contributed by atoms with Crippen LogP contribution in [0.5, 0.6) is 0 Å². The molecule has 1 aromatic carbocycles. The van der Waals surface area contributed by atoms with Gasteiger partial charge in [0.15, 0.2) is 0 Å². The van der Waals surface area contributed by atoms with Crippen LogP contribution in [0.15, 0.2) is 27.6 Å². The fourth-order valence-corrected chi connectivity index (χ4v) is 3.53. The second kappa shape index (κ2) is 5.01. The highest BCUT2D eigenvalue weighted by Crippen LogP contribution is 2.22. The monoisotopic (exact) mass is 322 g/mol. The van der Waals surface area contributed by atoms with Crippen molar-refractivity contribution >= 4 is 26.0 Å². The third-order valence-electron chi connectivity index (χ3n) is 2.59. The SMILES string of the molecule is O=S(=O)(c1ccc(Br)cc1F)N1CCNCC1. The molecule has 4 nitrogen and oxygen atoms in total. The Morgan fingerprint density at radius 3 is 2.53 bits per heavy atom. The number of nitrogens with zero attached hydrogens (tertiary/aromatic N) is 1. The molecule has 0 amide bonds. The molecule has 1 fully saturated rings. The number of piperazine rings is 1. The number of nitrogens with one attached hydrogen (secondary N) is 1. The van der Waals surface area contributed by atoms with Gasteiger partial charge < -0.3 is 5.32 Å². The van der Waals surface area contributed by atoms with Crippen molar-refractivity contribution in [3.8, 4) is 0 Å². The number of hydrogen-bond acceptors (Lipinski definition) is 3. The molecule has 0 atom stereocenters. The molecule has 1 heterocycles. The second-order valence-electron chi connectivity index (χ2n) is 3.73. The smallest absolute Gasteiger partial charge is 0.246 e. The number of benzene rings is 1. The second-order valence-corrected chi connectivity index (χ2v) is 6.55. The zero-order valence-electron chi connectivity index (χ0n) is 8.99. The molecule has 1 N–H and O–H groups in total. The molecule has 0 saturated carbocycles. The summed E-state index contributed by atoms with van der Waals surface area (Å²) in [5, 5.41) is 3.05. The highest BCUT2D eigenvalue weighted by atomic mass is 79.9. The van der Waals surface area contributed by atoms with Gasteiger partial charge in [-0.25, -0.2) is 12.8 Å². The Hall–Kier alpha value is -0.500. The molecule has 1 saturated heterocycles. The highest BCUT2D eigenvalue weighted by molar-refractivity contribution is 9.10. The predicted octanol–water partition coefficient (Wildman–Crippen LogP) is 1.18. The average molecular weight is 323 g/mol. The van der Waals surface area contributed by atoms with Gasteiger partial charge in [-0.1, -0.05) is 15.9 Å². The number of rotatable bonds is 2. The zero-order valence-corrected chi connectivity index (χ0v) is 11.4. The van der Waals surface area contributed by atoms with Gasteiger partial charge in [-0.2, -0.15) is 4.31 Å². The van der Waals surface area contributed by atoms with Crippen LogP contribution in [-0.4, -0.2) is 38.9 Å². The number of sulfonamides is 1. The van der Waals surface area contributed by atoms with Gasteiger partial charge in [0.05, 0.1) is 0 Å². The molecule has 0 bridgehead atoms. The normalized spacial score (nSPS) is 18.2. The summed E-state index contributed by atoms with van der Waals surface area (Å²) in [6, 6.07) is 3.98. The molecule has 0 unspecified atom stereocenters. The molecule has 1 aromatic rings. The van der Waals surface area contributed by atoms with Gasteiger partial charge in [0.1, 0.15) is 10.7 Å². The maximum Gasteiger partial charge on any atom is 0.246 e. The number of halogens is 2. The van der Waals surface area contributed by atoms with Crippen molar-refractivity contribution in [2.45, 2.75) is 4.90 Å². The minimum absolute atomic E-state index is 0.261. The average Bonchev–Trinajstić information content (AvgIpc) is 2.29. The predicted molar refractivity (Wildman–Crippen MR) is 65.7 cm³/mol. The van der Waals surface area contributed by atoms with E-state index in [9.17, 15) is 12.8 Å². The summed E-state index contributed by atoms with van der Waals surface area (Å²) >= 11 is 3.10. The van der Waals surface area contributed by atoms with E-state index in [0.717, 1.165) is 6.07 Å². The first-order valence-corrected chi connectivity index (χ1v) is 7.41. The molecule has 1 aliphatic rings. The molecule has 0 aliphatic carbocycles. The maximum absolute atomic E-state index is 13.6. The molecule has 94 valence electrons. The molecular formula is C10H12BrFN2O2S. The van der Waals surface area contributed by atoms with Crippen LogP contribution in [0.25, 0.3) is 0 Å². The minimum Gasteiger partial charge on any atom is -0.314 e. The van der Waals surface area contributed by atoms with E-state index in [1.807, 2.05) is 0 Å². The van der Waals surface area contributed by atoms with Crippen molar-refractivity contribution in [3.63, 3.8) is 0 Å². The minimum atomic E-state index is -3.71. The van der Waals surface area contributed by atoms with Crippen LogP contribution in [0.1, 0.15) is 0 Å². The van der Waals surface area contributed by atoms with Gasteiger partial charge in [-0.15, -0.1) is 0 Å². The highest BCUT2D eigenvalue weighted by Gasteiger charge is 2.28. The summed E-state index contributed by atoms with van der Waals surface area (Å²) in [5.74, 6) is -0.724. The van der Waals surface area contributed by atoms with Crippen LogP contribution in [0.4, 0.5) is 4.39 Å². The van der Waals surface area contributed by atoms with Crippen molar-refractivity contribution < 1.29 is 12.8 Å². The summed E-state index contributed by atoms with van der Waals surface area (Å²) in [4.78, 5) is -0.261. The van der Waals surface area contributed by atoms with Crippen molar-refractivity contribution in [3.05, 3.63) is 28.5 Å². The van der Waals surface area contributed by atoms with Gasteiger partial charge >= 0.3 is 0 Å². The Labute approximate surface area is 108 Å². The molecular weight excluding hydrogens is 311 g/mol. The molecule has 0 radical (unpaired) electrons. The fourth-order valence-electron chi connectivity index (χ4n) is 1.71. The lowest BCUT2D eigenvalue weighted by Crippen LogP contribution is -2.46. The first-order valence-electron chi connectivity index (χ1n) is 5.18. The van der Waals surface area contributed by atoms with E-state index in [0.29, 0.717) is 30.7 Å². The van der Waals surface area contributed by atoms with Crippen molar-refractivity contribution in [2.75, 3.05) is 26.2 Å². The Morgan fingerprint density at radius 1 is 1.29 bits per heavy atom. The van der Waals surface area contributed by atoms with Crippen LogP contribution in [0, 0.1) is 5.82 Å². The van der Waals surface area contributed by atoms with Gasteiger partial charge in [-0.3, -0.25) is 0 Å². The van der Waals surface area contributed by atoms with Crippen LogP contribution >= 0.6 is 15.9 Å². The standard InChI is InChI=1S/C10H12BrFN2O2S/c11-8-1-2-10(9(12)7-8)17(15,16)14-5-3-13-4-6-14/h1-2,7,13H,3-6H2. The van der Waals surface area contributed by atoms with Crippen molar-refractivity contribution in [2.24, 2.45) is 0 Å². The molecule has 0 spiro atoms. The summed E-state index contributed by atoms with van der Waals surface area (Å²) in [6.45, 7) is 1.93. The van der Waals surface area contributed by atoms with E-state index in [-0.39, 0.29) is 4.90 Å². The topological polar surface area (TPSA) is 49.4 Å². The van der Waals surface area contributed by atoms with Crippen LogP contribution in [0.2, 0.25) is 0 Å². The van der Waals surface area contributed by atoms with Gasteiger partial charge in [0.25, 0.3) is 0 Å². The first kappa shape index (κ1) is 12.9.